The predicted molar refractivity (Wildman–Crippen MR) is 71.8 cm³/mol. The van der Waals surface area contributed by atoms with Gasteiger partial charge in [-0.2, -0.15) is 0 Å². The number of carbonyl (C=O) groups excluding carboxylic acids is 1. The molecule has 1 amide bonds. The third-order valence-electron chi connectivity index (χ3n) is 4.13. The average Bonchev–Trinajstić information content (AvgIpc) is 2.37. The van der Waals surface area contributed by atoms with Gasteiger partial charge in [0.05, 0.1) is 12.0 Å². The maximum atomic E-state index is 11.9. The van der Waals surface area contributed by atoms with Crippen LogP contribution < -0.4 is 5.32 Å². The van der Waals surface area contributed by atoms with Gasteiger partial charge in [0.25, 0.3) is 0 Å². The van der Waals surface area contributed by atoms with E-state index in [1.165, 1.54) is 0 Å². The highest BCUT2D eigenvalue weighted by atomic mass is 16.5. The number of rotatable bonds is 6. The second-order valence-electron chi connectivity index (χ2n) is 5.94. The molecule has 0 aliphatic carbocycles. The number of carbonyl (C=O) groups is 2. The summed E-state index contributed by atoms with van der Waals surface area (Å²) in [6, 6.07) is 0. The third-order valence-corrected chi connectivity index (χ3v) is 4.13. The summed E-state index contributed by atoms with van der Waals surface area (Å²) >= 11 is 0. The van der Waals surface area contributed by atoms with Crippen LogP contribution in [0, 0.1) is 17.3 Å². The molecule has 0 aromatic rings. The van der Waals surface area contributed by atoms with E-state index in [0.717, 1.165) is 19.4 Å². The third kappa shape index (κ3) is 4.49. The standard InChI is InChI=1S/C14H25NO4/c1-10(2)14(3,13(17)18)7-12(16)15-8-11-5-4-6-19-9-11/h10-11H,4-9H2,1-3H3,(H,15,16)(H,17,18). The number of carboxylic acids is 1. The first-order valence-electron chi connectivity index (χ1n) is 6.94. The monoisotopic (exact) mass is 271 g/mol. The molecule has 19 heavy (non-hydrogen) atoms. The first-order valence-corrected chi connectivity index (χ1v) is 6.94. The Morgan fingerprint density at radius 1 is 1.47 bits per heavy atom. The number of ether oxygens (including phenoxy) is 1. The number of hydrogen-bond acceptors (Lipinski definition) is 3. The molecule has 0 spiro atoms. The Hall–Kier alpha value is -1.10. The molecule has 5 heteroatoms. The van der Waals surface area contributed by atoms with Crippen molar-refractivity contribution in [1.29, 1.82) is 0 Å². The van der Waals surface area contributed by atoms with Crippen molar-refractivity contribution in [3.05, 3.63) is 0 Å². The van der Waals surface area contributed by atoms with Gasteiger partial charge in [-0.25, -0.2) is 0 Å². The number of hydrogen-bond donors (Lipinski definition) is 2. The van der Waals surface area contributed by atoms with Gasteiger partial charge in [0, 0.05) is 19.6 Å². The molecule has 1 aliphatic rings. The van der Waals surface area contributed by atoms with Crippen molar-refractivity contribution in [3.8, 4) is 0 Å². The molecule has 110 valence electrons. The highest BCUT2D eigenvalue weighted by molar-refractivity contribution is 5.84. The van der Waals surface area contributed by atoms with Crippen LogP contribution in [-0.2, 0) is 14.3 Å². The van der Waals surface area contributed by atoms with Crippen molar-refractivity contribution in [2.45, 2.75) is 40.0 Å². The summed E-state index contributed by atoms with van der Waals surface area (Å²) < 4.78 is 5.35. The topological polar surface area (TPSA) is 75.6 Å². The van der Waals surface area contributed by atoms with Gasteiger partial charge in [0.1, 0.15) is 0 Å². The second-order valence-corrected chi connectivity index (χ2v) is 5.94. The van der Waals surface area contributed by atoms with Crippen molar-refractivity contribution in [3.63, 3.8) is 0 Å². The first-order chi connectivity index (χ1) is 8.86. The number of nitrogens with one attached hydrogen (secondary N) is 1. The average molecular weight is 271 g/mol. The normalized spacial score (nSPS) is 22.8. The lowest BCUT2D eigenvalue weighted by molar-refractivity contribution is -0.153. The molecule has 0 saturated carbocycles. The Morgan fingerprint density at radius 2 is 2.16 bits per heavy atom. The molecule has 0 radical (unpaired) electrons. The van der Waals surface area contributed by atoms with Crippen LogP contribution in [-0.4, -0.2) is 36.7 Å². The van der Waals surface area contributed by atoms with Gasteiger partial charge in [-0.05, 0) is 31.6 Å². The lowest BCUT2D eigenvalue weighted by Gasteiger charge is -2.29. The summed E-state index contributed by atoms with van der Waals surface area (Å²) in [6.45, 7) is 7.35. The molecule has 2 N–H and O–H groups in total. The zero-order valence-electron chi connectivity index (χ0n) is 12.1. The van der Waals surface area contributed by atoms with E-state index in [-0.39, 0.29) is 18.2 Å². The Balaban J connectivity index is 2.42. The fraction of sp³-hybridized carbons (Fsp3) is 0.857. The van der Waals surface area contributed by atoms with Gasteiger partial charge >= 0.3 is 5.97 Å². The Bertz CT molecular complexity index is 323. The maximum absolute atomic E-state index is 11.9. The van der Waals surface area contributed by atoms with E-state index in [1.54, 1.807) is 6.92 Å². The van der Waals surface area contributed by atoms with Crippen LogP contribution in [0.25, 0.3) is 0 Å². The molecule has 0 bridgehead atoms. The van der Waals surface area contributed by atoms with Crippen LogP contribution in [0.15, 0.2) is 0 Å². The van der Waals surface area contributed by atoms with Crippen LogP contribution in [0.4, 0.5) is 0 Å². The molecule has 2 unspecified atom stereocenters. The van der Waals surface area contributed by atoms with E-state index in [0.29, 0.717) is 19.1 Å². The lowest BCUT2D eigenvalue weighted by atomic mass is 9.76. The highest BCUT2D eigenvalue weighted by Crippen LogP contribution is 2.31. The molecule has 1 rings (SSSR count). The molecule has 1 saturated heterocycles. The van der Waals surface area contributed by atoms with E-state index in [9.17, 15) is 14.7 Å². The predicted octanol–water partition coefficient (Wildman–Crippen LogP) is 1.67. The van der Waals surface area contributed by atoms with Gasteiger partial charge in [0.2, 0.25) is 5.91 Å². The SMILES string of the molecule is CC(C)C(C)(CC(=O)NCC1CCCOC1)C(=O)O. The highest BCUT2D eigenvalue weighted by Gasteiger charge is 2.38. The zero-order valence-corrected chi connectivity index (χ0v) is 12.1. The summed E-state index contributed by atoms with van der Waals surface area (Å²) in [5.41, 5.74) is -1.01. The molecule has 0 aromatic carbocycles. The van der Waals surface area contributed by atoms with Gasteiger partial charge in [-0.1, -0.05) is 13.8 Å². The zero-order chi connectivity index (χ0) is 14.5. The van der Waals surface area contributed by atoms with Crippen LogP contribution in [0.5, 0.6) is 0 Å². The van der Waals surface area contributed by atoms with Crippen molar-refractivity contribution >= 4 is 11.9 Å². The smallest absolute Gasteiger partial charge is 0.310 e. The van der Waals surface area contributed by atoms with Crippen molar-refractivity contribution in [2.24, 2.45) is 17.3 Å². The van der Waals surface area contributed by atoms with Gasteiger partial charge < -0.3 is 15.2 Å². The Labute approximate surface area is 114 Å². The van der Waals surface area contributed by atoms with E-state index in [4.69, 9.17) is 4.74 Å². The lowest BCUT2D eigenvalue weighted by Crippen LogP contribution is -2.41. The van der Waals surface area contributed by atoms with Crippen LogP contribution in [0.3, 0.4) is 0 Å². The minimum Gasteiger partial charge on any atom is -0.481 e. The first kappa shape index (κ1) is 16.0. The van der Waals surface area contributed by atoms with E-state index >= 15 is 0 Å². The van der Waals surface area contributed by atoms with Crippen LogP contribution in [0.1, 0.15) is 40.0 Å². The largest absolute Gasteiger partial charge is 0.481 e. The van der Waals surface area contributed by atoms with Crippen molar-refractivity contribution < 1.29 is 19.4 Å². The molecular formula is C14H25NO4. The quantitative estimate of drug-likeness (QED) is 0.770. The summed E-state index contributed by atoms with van der Waals surface area (Å²) in [7, 11) is 0. The minimum atomic E-state index is -1.01. The molecule has 2 atom stereocenters. The number of aliphatic carboxylic acids is 1. The van der Waals surface area contributed by atoms with E-state index < -0.39 is 11.4 Å². The molecule has 1 aliphatic heterocycles. The van der Waals surface area contributed by atoms with Gasteiger partial charge in [-0.3, -0.25) is 9.59 Å². The molecular weight excluding hydrogens is 246 g/mol. The van der Waals surface area contributed by atoms with Crippen molar-refractivity contribution in [1.82, 2.24) is 5.32 Å². The summed E-state index contributed by atoms with van der Waals surface area (Å²) in [4.78, 5) is 23.2. The van der Waals surface area contributed by atoms with E-state index in [2.05, 4.69) is 5.32 Å². The molecule has 5 nitrogen and oxygen atoms in total. The fourth-order valence-corrected chi connectivity index (χ4v) is 2.15. The van der Waals surface area contributed by atoms with Gasteiger partial charge in [0.15, 0.2) is 0 Å². The summed E-state index contributed by atoms with van der Waals surface area (Å²) in [5, 5.41) is 12.1. The van der Waals surface area contributed by atoms with Crippen molar-refractivity contribution in [2.75, 3.05) is 19.8 Å². The second kappa shape index (κ2) is 6.89. The minimum absolute atomic E-state index is 0.0214. The number of carboxylic acid groups (broad SMARTS) is 1. The van der Waals surface area contributed by atoms with Crippen LogP contribution in [0.2, 0.25) is 0 Å². The molecule has 0 aromatic heterocycles. The number of amides is 1. The Morgan fingerprint density at radius 3 is 2.63 bits per heavy atom. The summed E-state index contributed by atoms with van der Waals surface area (Å²) in [6.07, 6.45) is 2.10. The molecule has 1 fully saturated rings. The fourth-order valence-electron chi connectivity index (χ4n) is 2.15. The maximum Gasteiger partial charge on any atom is 0.310 e. The van der Waals surface area contributed by atoms with Gasteiger partial charge in [-0.15, -0.1) is 0 Å². The van der Waals surface area contributed by atoms with Crippen LogP contribution >= 0.6 is 0 Å². The Kier molecular flexibility index (Phi) is 5.79. The summed E-state index contributed by atoms with van der Waals surface area (Å²) in [5.74, 6) is -0.843. The van der Waals surface area contributed by atoms with E-state index in [1.807, 2.05) is 13.8 Å². The molecule has 1 heterocycles.